The summed E-state index contributed by atoms with van der Waals surface area (Å²) in [5.74, 6) is -4.05. The van der Waals surface area contributed by atoms with Gasteiger partial charge in [0.1, 0.15) is 5.92 Å². The molecular formula is C14H9F3N2O6. The van der Waals surface area contributed by atoms with Gasteiger partial charge < -0.3 is 10.2 Å². The number of benzene rings is 2. The van der Waals surface area contributed by atoms with Crippen LogP contribution in [0.25, 0.3) is 0 Å². The zero-order valence-corrected chi connectivity index (χ0v) is 12.1. The molecule has 25 heavy (non-hydrogen) atoms. The fourth-order valence-electron chi connectivity index (χ4n) is 2.30. The van der Waals surface area contributed by atoms with E-state index in [0.29, 0.717) is 12.1 Å². The highest BCUT2D eigenvalue weighted by Crippen LogP contribution is 2.44. The largest absolute Gasteiger partial charge is 0.502 e. The molecule has 0 aliphatic heterocycles. The third kappa shape index (κ3) is 3.59. The SMILES string of the molecule is O=[N+]([O-])c1cc(C(c2ccc(O)c([N+](=O)[O-])c2)C(F)(F)F)ccc1O. The van der Waals surface area contributed by atoms with Crippen LogP contribution < -0.4 is 0 Å². The molecule has 8 nitrogen and oxygen atoms in total. The molecule has 2 rings (SSSR count). The molecule has 0 saturated carbocycles. The van der Waals surface area contributed by atoms with Gasteiger partial charge in [-0.2, -0.15) is 13.2 Å². The van der Waals surface area contributed by atoms with E-state index in [4.69, 9.17) is 0 Å². The number of nitrogens with zero attached hydrogens (tertiary/aromatic N) is 2. The first kappa shape index (κ1) is 18.0. The Hall–Kier alpha value is -3.37. The van der Waals surface area contributed by atoms with Gasteiger partial charge in [-0.3, -0.25) is 20.2 Å². The summed E-state index contributed by atoms with van der Waals surface area (Å²) in [4.78, 5) is 19.5. The highest BCUT2D eigenvalue weighted by molar-refractivity contribution is 5.53. The van der Waals surface area contributed by atoms with Crippen LogP contribution in [-0.4, -0.2) is 26.2 Å². The molecule has 0 spiro atoms. The summed E-state index contributed by atoms with van der Waals surface area (Å²) in [6.07, 6.45) is -4.93. The van der Waals surface area contributed by atoms with Gasteiger partial charge in [-0.05, 0) is 23.3 Å². The number of halogens is 3. The zero-order valence-electron chi connectivity index (χ0n) is 12.1. The molecule has 0 aliphatic rings. The van der Waals surface area contributed by atoms with Gasteiger partial charge in [0, 0.05) is 12.1 Å². The lowest BCUT2D eigenvalue weighted by molar-refractivity contribution is -0.386. The second-order valence-electron chi connectivity index (χ2n) is 4.99. The highest BCUT2D eigenvalue weighted by atomic mass is 19.4. The Morgan fingerprint density at radius 3 is 1.48 bits per heavy atom. The second-order valence-corrected chi connectivity index (χ2v) is 4.99. The first-order chi connectivity index (χ1) is 11.5. The Kier molecular flexibility index (Phi) is 4.50. The lowest BCUT2D eigenvalue weighted by atomic mass is 9.90. The number of aromatic hydroxyl groups is 2. The Labute approximate surface area is 137 Å². The summed E-state index contributed by atoms with van der Waals surface area (Å²) in [5, 5.41) is 40.4. The van der Waals surface area contributed by atoms with Crippen molar-refractivity contribution in [3.8, 4) is 11.5 Å². The monoisotopic (exact) mass is 358 g/mol. The van der Waals surface area contributed by atoms with Crippen molar-refractivity contribution in [1.29, 1.82) is 0 Å². The van der Waals surface area contributed by atoms with Crippen LogP contribution in [0.3, 0.4) is 0 Å². The molecule has 0 amide bonds. The Morgan fingerprint density at radius 2 is 1.20 bits per heavy atom. The zero-order chi connectivity index (χ0) is 18.9. The summed E-state index contributed by atoms with van der Waals surface area (Å²) >= 11 is 0. The molecule has 0 saturated heterocycles. The van der Waals surface area contributed by atoms with Crippen LogP contribution in [0.4, 0.5) is 24.5 Å². The third-order valence-corrected chi connectivity index (χ3v) is 3.39. The summed E-state index contributed by atoms with van der Waals surface area (Å²) < 4.78 is 40.5. The molecule has 0 unspecified atom stereocenters. The van der Waals surface area contributed by atoms with Crippen molar-refractivity contribution in [2.24, 2.45) is 0 Å². The maximum Gasteiger partial charge on any atom is 0.399 e. The minimum Gasteiger partial charge on any atom is -0.502 e. The summed E-state index contributed by atoms with van der Waals surface area (Å²) in [7, 11) is 0. The van der Waals surface area contributed by atoms with Crippen LogP contribution >= 0.6 is 0 Å². The molecule has 0 fully saturated rings. The predicted molar refractivity (Wildman–Crippen MR) is 77.4 cm³/mol. The van der Waals surface area contributed by atoms with Crippen molar-refractivity contribution < 1.29 is 33.2 Å². The first-order valence-electron chi connectivity index (χ1n) is 6.53. The topological polar surface area (TPSA) is 127 Å². The Balaban J connectivity index is 2.67. The van der Waals surface area contributed by atoms with Gasteiger partial charge in [-0.15, -0.1) is 0 Å². The summed E-state index contributed by atoms with van der Waals surface area (Å²) in [6, 6.07) is 4.23. The first-order valence-corrected chi connectivity index (χ1v) is 6.53. The average Bonchev–Trinajstić information content (AvgIpc) is 2.49. The van der Waals surface area contributed by atoms with Crippen molar-refractivity contribution in [2.75, 3.05) is 0 Å². The molecular weight excluding hydrogens is 349 g/mol. The van der Waals surface area contributed by atoms with Crippen LogP contribution in [0.1, 0.15) is 17.0 Å². The Morgan fingerprint density at radius 1 is 0.840 bits per heavy atom. The average molecular weight is 358 g/mol. The minimum absolute atomic E-state index is 0.548. The van der Waals surface area contributed by atoms with Crippen molar-refractivity contribution in [2.45, 2.75) is 12.1 Å². The smallest absolute Gasteiger partial charge is 0.399 e. The predicted octanol–water partition coefficient (Wildman–Crippen LogP) is 3.61. The van der Waals surface area contributed by atoms with E-state index in [1.54, 1.807) is 0 Å². The van der Waals surface area contributed by atoms with Crippen LogP contribution in [0.2, 0.25) is 0 Å². The number of phenolic OH excluding ortho intramolecular Hbond substituents is 2. The third-order valence-electron chi connectivity index (χ3n) is 3.39. The van der Waals surface area contributed by atoms with E-state index in [9.17, 15) is 43.6 Å². The second kappa shape index (κ2) is 6.26. The van der Waals surface area contributed by atoms with E-state index in [2.05, 4.69) is 0 Å². The molecule has 0 heterocycles. The van der Waals surface area contributed by atoms with Crippen LogP contribution in [0.15, 0.2) is 36.4 Å². The van der Waals surface area contributed by atoms with Gasteiger partial charge >= 0.3 is 17.6 Å². The molecule has 0 aliphatic carbocycles. The molecule has 0 radical (unpaired) electrons. The maximum atomic E-state index is 13.5. The quantitative estimate of drug-likeness (QED) is 0.635. The molecule has 0 bridgehead atoms. The molecule has 0 aromatic heterocycles. The number of nitro benzene ring substituents is 2. The normalized spacial score (nSPS) is 11.5. The molecule has 0 atom stereocenters. The summed E-state index contributed by atoms with van der Waals surface area (Å²) in [5.41, 5.74) is -3.03. The maximum absolute atomic E-state index is 13.5. The van der Waals surface area contributed by atoms with Gasteiger partial charge in [0.25, 0.3) is 0 Å². The van der Waals surface area contributed by atoms with Crippen molar-refractivity contribution in [3.63, 3.8) is 0 Å². The Bertz CT molecular complexity index is 789. The number of hydrogen-bond donors (Lipinski definition) is 2. The van der Waals surface area contributed by atoms with Gasteiger partial charge in [0.2, 0.25) is 0 Å². The number of nitro groups is 2. The number of alkyl halides is 3. The van der Waals surface area contributed by atoms with E-state index in [1.165, 1.54) is 0 Å². The molecule has 2 N–H and O–H groups in total. The minimum atomic E-state index is -4.93. The van der Waals surface area contributed by atoms with Gasteiger partial charge in [-0.25, -0.2) is 0 Å². The number of hydrogen-bond acceptors (Lipinski definition) is 6. The number of phenols is 2. The highest BCUT2D eigenvalue weighted by Gasteiger charge is 2.43. The van der Waals surface area contributed by atoms with Crippen LogP contribution in [0, 0.1) is 20.2 Å². The standard InChI is InChI=1S/C14H9F3N2O6/c15-14(16,17)13(7-1-3-11(20)9(5-7)18(22)23)8-2-4-12(21)10(6-8)19(24)25/h1-6,13,20-21H. The van der Waals surface area contributed by atoms with Gasteiger partial charge in [0.05, 0.1) is 9.85 Å². The molecule has 2 aromatic rings. The van der Waals surface area contributed by atoms with E-state index >= 15 is 0 Å². The summed E-state index contributed by atoms with van der Waals surface area (Å²) in [6.45, 7) is 0. The number of rotatable bonds is 4. The van der Waals surface area contributed by atoms with E-state index in [0.717, 1.165) is 24.3 Å². The van der Waals surface area contributed by atoms with Gasteiger partial charge in [0.15, 0.2) is 11.5 Å². The van der Waals surface area contributed by atoms with Crippen molar-refractivity contribution >= 4 is 11.4 Å². The lowest BCUT2D eigenvalue weighted by Crippen LogP contribution is -2.22. The van der Waals surface area contributed by atoms with Gasteiger partial charge in [-0.1, -0.05) is 12.1 Å². The van der Waals surface area contributed by atoms with Crippen molar-refractivity contribution in [3.05, 3.63) is 67.8 Å². The molecule has 11 heteroatoms. The molecule has 132 valence electrons. The van der Waals surface area contributed by atoms with Crippen LogP contribution in [-0.2, 0) is 0 Å². The molecule has 2 aromatic carbocycles. The lowest BCUT2D eigenvalue weighted by Gasteiger charge is -2.21. The van der Waals surface area contributed by atoms with Crippen LogP contribution in [0.5, 0.6) is 11.5 Å². The van der Waals surface area contributed by atoms with E-state index < -0.39 is 55.9 Å². The van der Waals surface area contributed by atoms with Crippen molar-refractivity contribution in [1.82, 2.24) is 0 Å². The fourth-order valence-corrected chi connectivity index (χ4v) is 2.30. The fraction of sp³-hybridized carbons (Fsp3) is 0.143. The van der Waals surface area contributed by atoms with E-state index in [1.807, 2.05) is 0 Å². The van der Waals surface area contributed by atoms with E-state index in [-0.39, 0.29) is 0 Å².